The van der Waals surface area contributed by atoms with E-state index >= 15 is 0 Å². The summed E-state index contributed by atoms with van der Waals surface area (Å²) in [7, 11) is 1.60. The van der Waals surface area contributed by atoms with E-state index in [1.54, 1.807) is 19.5 Å². The Bertz CT molecular complexity index is 772. The lowest BCUT2D eigenvalue weighted by atomic mass is 9.96. The zero-order chi connectivity index (χ0) is 19.8. The number of anilines is 1. The molecule has 1 aliphatic rings. The minimum Gasteiger partial charge on any atom is -0.497 e. The summed E-state index contributed by atoms with van der Waals surface area (Å²) in [5.74, 6) is -0.0469. The van der Waals surface area contributed by atoms with Crippen molar-refractivity contribution in [2.24, 2.45) is 5.92 Å². The molecule has 0 spiro atoms. The predicted molar refractivity (Wildman–Crippen MR) is 107 cm³/mol. The number of rotatable bonds is 6. The number of benzene rings is 1. The fraction of sp³-hybridized carbons (Fsp3) is 0.381. The summed E-state index contributed by atoms with van der Waals surface area (Å²) in [6.07, 6.45) is 5.56. The molecule has 2 aromatic rings. The number of hydrogen-bond donors (Lipinski definition) is 2. The molecule has 7 heteroatoms. The van der Waals surface area contributed by atoms with Crippen LogP contribution in [-0.2, 0) is 16.1 Å². The molecule has 2 N–H and O–H groups in total. The number of amides is 2. The first-order chi connectivity index (χ1) is 13.7. The molecule has 1 saturated heterocycles. The normalized spacial score (nSPS) is 14.4. The molecule has 148 valence electrons. The van der Waals surface area contributed by atoms with Gasteiger partial charge >= 0.3 is 11.8 Å². The van der Waals surface area contributed by atoms with E-state index in [-0.39, 0.29) is 0 Å². The van der Waals surface area contributed by atoms with Crippen LogP contribution >= 0.6 is 0 Å². The summed E-state index contributed by atoms with van der Waals surface area (Å²) < 4.78 is 5.10. The van der Waals surface area contributed by atoms with Crippen LogP contribution in [0.2, 0.25) is 0 Å². The van der Waals surface area contributed by atoms with Gasteiger partial charge in [0.2, 0.25) is 0 Å². The summed E-state index contributed by atoms with van der Waals surface area (Å²) in [6, 6.07) is 11.4. The third kappa shape index (κ3) is 5.45. The Morgan fingerprint density at radius 1 is 1.04 bits per heavy atom. The SMILES string of the molecule is COc1ccc(CNC(=O)C(=O)NCC2CCN(c3ccncc3)CC2)cc1. The van der Waals surface area contributed by atoms with Crippen molar-refractivity contribution in [2.75, 3.05) is 31.6 Å². The third-order valence-electron chi connectivity index (χ3n) is 5.01. The predicted octanol–water partition coefficient (Wildman–Crippen LogP) is 1.74. The molecule has 7 nitrogen and oxygen atoms in total. The van der Waals surface area contributed by atoms with Crippen LogP contribution in [0.3, 0.4) is 0 Å². The van der Waals surface area contributed by atoms with Crippen molar-refractivity contribution in [1.29, 1.82) is 0 Å². The van der Waals surface area contributed by atoms with Gasteiger partial charge in [-0.1, -0.05) is 12.1 Å². The second-order valence-corrected chi connectivity index (χ2v) is 6.88. The van der Waals surface area contributed by atoms with Gasteiger partial charge in [0.05, 0.1) is 7.11 Å². The Kier molecular flexibility index (Phi) is 6.84. The molecular weight excluding hydrogens is 356 g/mol. The summed E-state index contributed by atoms with van der Waals surface area (Å²) in [4.78, 5) is 30.4. The summed E-state index contributed by atoms with van der Waals surface area (Å²) in [5.41, 5.74) is 2.08. The van der Waals surface area contributed by atoms with E-state index in [4.69, 9.17) is 4.74 Å². The van der Waals surface area contributed by atoms with Crippen LogP contribution in [0.1, 0.15) is 18.4 Å². The maximum Gasteiger partial charge on any atom is 0.309 e. The van der Waals surface area contributed by atoms with E-state index in [1.807, 2.05) is 36.4 Å². The number of aromatic nitrogens is 1. The second-order valence-electron chi connectivity index (χ2n) is 6.88. The van der Waals surface area contributed by atoms with Crippen molar-refractivity contribution < 1.29 is 14.3 Å². The van der Waals surface area contributed by atoms with Crippen LogP contribution in [0, 0.1) is 5.92 Å². The van der Waals surface area contributed by atoms with Crippen molar-refractivity contribution in [3.8, 4) is 5.75 Å². The molecule has 0 aliphatic carbocycles. The molecule has 1 aliphatic heterocycles. The minimum absolute atomic E-state index is 0.306. The Morgan fingerprint density at radius 2 is 1.68 bits per heavy atom. The Balaban J connectivity index is 1.36. The highest BCUT2D eigenvalue weighted by atomic mass is 16.5. The van der Waals surface area contributed by atoms with E-state index in [0.29, 0.717) is 19.0 Å². The van der Waals surface area contributed by atoms with Gasteiger partial charge < -0.3 is 20.3 Å². The average Bonchev–Trinajstić information content (AvgIpc) is 2.77. The molecule has 0 saturated carbocycles. The van der Waals surface area contributed by atoms with Crippen molar-refractivity contribution in [3.05, 3.63) is 54.4 Å². The molecule has 1 fully saturated rings. The number of ether oxygens (including phenoxy) is 1. The van der Waals surface area contributed by atoms with Gasteiger partial charge in [0, 0.05) is 44.3 Å². The standard InChI is InChI=1S/C21H26N4O3/c1-28-19-4-2-16(3-5-19)14-23-20(26)21(27)24-15-17-8-12-25(13-9-17)18-6-10-22-11-7-18/h2-7,10-11,17H,8-9,12-15H2,1H3,(H,23,26)(H,24,27). The molecule has 3 rings (SSSR count). The van der Waals surface area contributed by atoms with Crippen molar-refractivity contribution in [2.45, 2.75) is 19.4 Å². The van der Waals surface area contributed by atoms with Gasteiger partial charge in [-0.15, -0.1) is 0 Å². The van der Waals surface area contributed by atoms with Gasteiger partial charge in [-0.3, -0.25) is 14.6 Å². The number of methoxy groups -OCH3 is 1. The highest BCUT2D eigenvalue weighted by molar-refractivity contribution is 6.35. The van der Waals surface area contributed by atoms with Gasteiger partial charge in [0.25, 0.3) is 0 Å². The first kappa shape index (κ1) is 19.7. The molecule has 1 aromatic heterocycles. The van der Waals surface area contributed by atoms with Crippen LogP contribution in [0.4, 0.5) is 5.69 Å². The lowest BCUT2D eigenvalue weighted by Gasteiger charge is -2.33. The quantitative estimate of drug-likeness (QED) is 0.744. The van der Waals surface area contributed by atoms with Crippen LogP contribution in [0.15, 0.2) is 48.8 Å². The van der Waals surface area contributed by atoms with Gasteiger partial charge in [0.1, 0.15) is 5.75 Å². The minimum atomic E-state index is -0.606. The number of hydrogen-bond acceptors (Lipinski definition) is 5. The second kappa shape index (κ2) is 9.73. The van der Waals surface area contributed by atoms with E-state index in [2.05, 4.69) is 20.5 Å². The third-order valence-corrected chi connectivity index (χ3v) is 5.01. The van der Waals surface area contributed by atoms with E-state index in [0.717, 1.165) is 37.2 Å². The molecule has 1 aromatic carbocycles. The van der Waals surface area contributed by atoms with Crippen LogP contribution < -0.4 is 20.3 Å². The van der Waals surface area contributed by atoms with Crippen molar-refractivity contribution in [3.63, 3.8) is 0 Å². The average molecular weight is 382 g/mol. The molecular formula is C21H26N4O3. The monoisotopic (exact) mass is 382 g/mol. The highest BCUT2D eigenvalue weighted by Gasteiger charge is 2.21. The largest absolute Gasteiger partial charge is 0.497 e. The summed E-state index contributed by atoms with van der Waals surface area (Å²) >= 11 is 0. The molecule has 0 bridgehead atoms. The first-order valence-electron chi connectivity index (χ1n) is 9.49. The van der Waals surface area contributed by atoms with E-state index in [1.165, 1.54) is 5.69 Å². The van der Waals surface area contributed by atoms with Gasteiger partial charge in [-0.25, -0.2) is 0 Å². The van der Waals surface area contributed by atoms with Gasteiger partial charge in [-0.05, 0) is 48.6 Å². The maximum absolute atomic E-state index is 12.0. The Morgan fingerprint density at radius 3 is 2.32 bits per heavy atom. The van der Waals surface area contributed by atoms with E-state index < -0.39 is 11.8 Å². The summed E-state index contributed by atoms with van der Waals surface area (Å²) in [6.45, 7) is 2.71. The molecule has 0 atom stereocenters. The van der Waals surface area contributed by atoms with Gasteiger partial charge in [0.15, 0.2) is 0 Å². The molecule has 2 amide bonds. The van der Waals surface area contributed by atoms with Gasteiger partial charge in [-0.2, -0.15) is 0 Å². The Labute approximate surface area is 165 Å². The lowest BCUT2D eigenvalue weighted by molar-refractivity contribution is -0.139. The van der Waals surface area contributed by atoms with Crippen molar-refractivity contribution in [1.82, 2.24) is 15.6 Å². The molecule has 0 unspecified atom stereocenters. The van der Waals surface area contributed by atoms with Crippen LogP contribution in [-0.4, -0.2) is 43.5 Å². The highest BCUT2D eigenvalue weighted by Crippen LogP contribution is 2.22. The topological polar surface area (TPSA) is 83.6 Å². The Hall–Kier alpha value is -3.09. The molecule has 28 heavy (non-hydrogen) atoms. The number of piperidine rings is 1. The summed E-state index contributed by atoms with van der Waals surface area (Å²) in [5, 5.41) is 5.41. The number of nitrogens with one attached hydrogen (secondary N) is 2. The molecule has 2 heterocycles. The smallest absolute Gasteiger partial charge is 0.309 e. The lowest BCUT2D eigenvalue weighted by Crippen LogP contribution is -2.43. The zero-order valence-corrected chi connectivity index (χ0v) is 16.1. The van der Waals surface area contributed by atoms with Crippen molar-refractivity contribution >= 4 is 17.5 Å². The number of carbonyl (C=O) groups excluding carboxylic acids is 2. The number of pyridine rings is 1. The maximum atomic E-state index is 12.0. The zero-order valence-electron chi connectivity index (χ0n) is 16.1. The first-order valence-corrected chi connectivity index (χ1v) is 9.49. The fourth-order valence-electron chi connectivity index (χ4n) is 3.27. The van der Waals surface area contributed by atoms with Crippen LogP contribution in [0.25, 0.3) is 0 Å². The van der Waals surface area contributed by atoms with Crippen LogP contribution in [0.5, 0.6) is 5.75 Å². The molecule has 0 radical (unpaired) electrons. The fourth-order valence-corrected chi connectivity index (χ4v) is 3.27. The number of nitrogens with zero attached hydrogens (tertiary/aromatic N) is 2. The van der Waals surface area contributed by atoms with E-state index in [9.17, 15) is 9.59 Å². The number of carbonyl (C=O) groups is 2.